The maximum absolute atomic E-state index is 13.8. The van der Waals surface area contributed by atoms with Crippen molar-refractivity contribution in [1.29, 1.82) is 0 Å². The van der Waals surface area contributed by atoms with Gasteiger partial charge < -0.3 is 10.4 Å². The third kappa shape index (κ3) is 5.66. The minimum absolute atomic E-state index is 0.00512. The quantitative estimate of drug-likeness (QED) is 0.675. The first-order valence-electron chi connectivity index (χ1n) is 8.05. The van der Waals surface area contributed by atoms with Gasteiger partial charge in [0, 0.05) is 11.6 Å². The number of aromatic nitrogens is 2. The van der Waals surface area contributed by atoms with Gasteiger partial charge in [-0.1, -0.05) is 18.0 Å². The molecule has 0 unspecified atom stereocenters. The van der Waals surface area contributed by atoms with E-state index in [2.05, 4.69) is 20.0 Å². The Balaban J connectivity index is 0.000000345. The molecule has 1 heterocycles. The zero-order valence-corrected chi connectivity index (χ0v) is 14.2. The fourth-order valence-electron chi connectivity index (χ4n) is 2.56. The summed E-state index contributed by atoms with van der Waals surface area (Å²) in [6.45, 7) is 0. The van der Waals surface area contributed by atoms with E-state index < -0.39 is 23.7 Å². The molecule has 3 rings (SSSR count). The second-order valence-corrected chi connectivity index (χ2v) is 5.91. The van der Waals surface area contributed by atoms with Gasteiger partial charge in [0.2, 0.25) is 5.91 Å². The second kappa shape index (κ2) is 8.67. The molecule has 0 bridgehead atoms. The summed E-state index contributed by atoms with van der Waals surface area (Å²) >= 11 is 0. The van der Waals surface area contributed by atoms with Crippen molar-refractivity contribution in [1.82, 2.24) is 10.1 Å². The predicted octanol–water partition coefficient (Wildman–Crippen LogP) is 2.93. The van der Waals surface area contributed by atoms with Gasteiger partial charge in [-0.15, -0.1) is 0 Å². The molecule has 152 valence electrons. The molecular formula is C16H15F4N3O5. The highest BCUT2D eigenvalue weighted by atomic mass is 19.4. The maximum atomic E-state index is 13.8. The highest BCUT2D eigenvalue weighted by Crippen LogP contribution is 2.27. The molecule has 0 aliphatic heterocycles. The molecule has 1 aliphatic rings. The van der Waals surface area contributed by atoms with Gasteiger partial charge in [0.25, 0.3) is 0 Å². The fourth-order valence-corrected chi connectivity index (χ4v) is 2.56. The number of hydrogen-bond acceptors (Lipinski definition) is 5. The lowest BCUT2D eigenvalue weighted by molar-refractivity contribution is -0.192. The summed E-state index contributed by atoms with van der Waals surface area (Å²) in [6.07, 6.45) is -1.19. The number of carboxylic acids is 1. The van der Waals surface area contributed by atoms with Crippen molar-refractivity contribution in [2.75, 3.05) is 5.32 Å². The summed E-state index contributed by atoms with van der Waals surface area (Å²) in [5, 5.41) is 13.3. The number of hydrogen-bond donors (Lipinski definition) is 3. The first kappa shape index (κ1) is 21.1. The molecule has 12 heteroatoms. The van der Waals surface area contributed by atoms with Crippen LogP contribution in [0.1, 0.15) is 25.7 Å². The Kier molecular flexibility index (Phi) is 6.54. The van der Waals surface area contributed by atoms with E-state index in [0.717, 1.165) is 25.7 Å². The summed E-state index contributed by atoms with van der Waals surface area (Å²) < 4.78 is 49.9. The lowest BCUT2D eigenvalue weighted by Gasteiger charge is -2.11. The number of aliphatic carboxylic acids is 1. The average molecular weight is 405 g/mol. The molecule has 1 aromatic carbocycles. The van der Waals surface area contributed by atoms with Crippen LogP contribution in [-0.2, 0) is 9.59 Å². The molecule has 2 aromatic rings. The maximum Gasteiger partial charge on any atom is 0.490 e. The SMILES string of the molecule is O=C(Nc1ccc(F)c(-c2noc(=O)[nH]2)c1)C1CCCC1.O=C(O)C(F)(F)F. The van der Waals surface area contributed by atoms with Crippen molar-refractivity contribution < 1.29 is 36.8 Å². The van der Waals surface area contributed by atoms with Crippen LogP contribution in [-0.4, -0.2) is 33.3 Å². The number of aromatic amines is 1. The molecule has 3 N–H and O–H groups in total. The van der Waals surface area contributed by atoms with E-state index in [9.17, 15) is 27.2 Å². The average Bonchev–Trinajstić information content (AvgIpc) is 3.28. The summed E-state index contributed by atoms with van der Waals surface area (Å²) in [4.78, 5) is 34.2. The van der Waals surface area contributed by atoms with E-state index in [0.29, 0.717) is 5.69 Å². The largest absolute Gasteiger partial charge is 0.490 e. The molecule has 1 fully saturated rings. The summed E-state index contributed by atoms with van der Waals surface area (Å²) in [7, 11) is 0. The summed E-state index contributed by atoms with van der Waals surface area (Å²) in [6, 6.07) is 4.12. The minimum atomic E-state index is -5.08. The summed E-state index contributed by atoms with van der Waals surface area (Å²) in [5.41, 5.74) is 0.539. The number of halogens is 4. The number of benzene rings is 1. The monoisotopic (exact) mass is 405 g/mol. The Hall–Kier alpha value is -3.18. The third-order valence-electron chi connectivity index (χ3n) is 3.90. The fraction of sp³-hybridized carbons (Fsp3) is 0.375. The van der Waals surface area contributed by atoms with Gasteiger partial charge in [-0.25, -0.2) is 14.0 Å². The van der Waals surface area contributed by atoms with Gasteiger partial charge in [-0.3, -0.25) is 14.3 Å². The first-order chi connectivity index (χ1) is 13.1. The van der Waals surface area contributed by atoms with Crippen LogP contribution >= 0.6 is 0 Å². The van der Waals surface area contributed by atoms with E-state index in [-0.39, 0.29) is 23.2 Å². The highest BCUT2D eigenvalue weighted by molar-refractivity contribution is 5.93. The smallest absolute Gasteiger partial charge is 0.475 e. The van der Waals surface area contributed by atoms with Crippen molar-refractivity contribution in [2.24, 2.45) is 5.92 Å². The number of anilines is 1. The normalized spacial score (nSPS) is 14.3. The minimum Gasteiger partial charge on any atom is -0.475 e. The van der Waals surface area contributed by atoms with Gasteiger partial charge in [-0.2, -0.15) is 13.2 Å². The number of carbonyl (C=O) groups is 2. The molecule has 0 radical (unpaired) electrons. The van der Waals surface area contributed by atoms with E-state index in [1.54, 1.807) is 0 Å². The van der Waals surface area contributed by atoms with Crippen LogP contribution in [0, 0.1) is 11.7 Å². The first-order valence-corrected chi connectivity index (χ1v) is 8.05. The lowest BCUT2D eigenvalue weighted by atomic mass is 10.1. The molecule has 0 saturated heterocycles. The molecule has 0 spiro atoms. The van der Waals surface area contributed by atoms with E-state index >= 15 is 0 Å². The van der Waals surface area contributed by atoms with Crippen LogP contribution in [0.25, 0.3) is 11.4 Å². The zero-order chi connectivity index (χ0) is 20.9. The number of amides is 1. The summed E-state index contributed by atoms with van der Waals surface area (Å²) in [5.74, 6) is -4.12. The molecular weight excluding hydrogens is 390 g/mol. The predicted molar refractivity (Wildman–Crippen MR) is 86.8 cm³/mol. The Bertz CT molecular complexity index is 900. The van der Waals surface area contributed by atoms with Crippen LogP contribution in [0.3, 0.4) is 0 Å². The van der Waals surface area contributed by atoms with Crippen molar-refractivity contribution in [2.45, 2.75) is 31.9 Å². The van der Waals surface area contributed by atoms with Crippen molar-refractivity contribution in [3.63, 3.8) is 0 Å². The molecule has 1 aromatic heterocycles. The van der Waals surface area contributed by atoms with E-state index in [4.69, 9.17) is 9.90 Å². The third-order valence-corrected chi connectivity index (χ3v) is 3.90. The van der Waals surface area contributed by atoms with Gasteiger partial charge in [0.1, 0.15) is 5.82 Å². The number of H-pyrrole nitrogens is 1. The Labute approximate surface area is 154 Å². The number of carboxylic acid groups (broad SMARTS) is 1. The number of nitrogens with one attached hydrogen (secondary N) is 2. The second-order valence-electron chi connectivity index (χ2n) is 5.91. The highest BCUT2D eigenvalue weighted by Gasteiger charge is 2.38. The number of rotatable bonds is 3. The van der Waals surface area contributed by atoms with Crippen LogP contribution in [0.5, 0.6) is 0 Å². The lowest BCUT2D eigenvalue weighted by Crippen LogP contribution is -2.21. The van der Waals surface area contributed by atoms with Gasteiger partial charge in [0.05, 0.1) is 5.56 Å². The topological polar surface area (TPSA) is 125 Å². The number of nitrogens with zero attached hydrogens (tertiary/aromatic N) is 1. The standard InChI is InChI=1S/C14H14FN3O3.C2HF3O2/c15-11-6-5-9(16-13(19)8-3-1-2-4-8)7-10(11)12-17-14(20)21-18-12;3-2(4,5)1(6)7/h5-8H,1-4H2,(H,16,19)(H,17,18,20);(H,6,7). The van der Waals surface area contributed by atoms with Gasteiger partial charge >= 0.3 is 17.9 Å². The van der Waals surface area contributed by atoms with Gasteiger partial charge in [0.15, 0.2) is 5.82 Å². The van der Waals surface area contributed by atoms with Crippen LogP contribution in [0.2, 0.25) is 0 Å². The Morgan fingerprint density at radius 3 is 2.36 bits per heavy atom. The number of carbonyl (C=O) groups excluding carboxylic acids is 1. The Morgan fingerprint density at radius 1 is 1.25 bits per heavy atom. The van der Waals surface area contributed by atoms with Crippen molar-refractivity contribution >= 4 is 17.6 Å². The molecule has 8 nitrogen and oxygen atoms in total. The van der Waals surface area contributed by atoms with Crippen molar-refractivity contribution in [3.8, 4) is 11.4 Å². The molecule has 28 heavy (non-hydrogen) atoms. The van der Waals surface area contributed by atoms with Crippen LogP contribution < -0.4 is 11.1 Å². The molecule has 1 saturated carbocycles. The molecule has 0 atom stereocenters. The molecule has 1 amide bonds. The Morgan fingerprint density at radius 2 is 1.86 bits per heavy atom. The van der Waals surface area contributed by atoms with E-state index in [1.807, 2.05) is 0 Å². The zero-order valence-electron chi connectivity index (χ0n) is 14.2. The number of alkyl halides is 3. The van der Waals surface area contributed by atoms with Crippen LogP contribution in [0.4, 0.5) is 23.2 Å². The van der Waals surface area contributed by atoms with Gasteiger partial charge in [-0.05, 0) is 31.0 Å². The van der Waals surface area contributed by atoms with Crippen LogP contribution in [0.15, 0.2) is 27.5 Å². The van der Waals surface area contributed by atoms with E-state index in [1.165, 1.54) is 18.2 Å². The van der Waals surface area contributed by atoms with Crippen molar-refractivity contribution in [3.05, 3.63) is 34.6 Å². The molecule has 1 aliphatic carbocycles.